The van der Waals surface area contributed by atoms with Crippen LogP contribution in [0.4, 0.5) is 5.69 Å². The summed E-state index contributed by atoms with van der Waals surface area (Å²) in [5, 5.41) is 5.02. The summed E-state index contributed by atoms with van der Waals surface area (Å²) in [7, 11) is 0. The average molecular weight is 363 g/mol. The molecule has 0 aromatic heterocycles. The van der Waals surface area contributed by atoms with Crippen molar-refractivity contribution in [3.63, 3.8) is 0 Å². The van der Waals surface area contributed by atoms with Crippen LogP contribution in [0, 0.1) is 0 Å². The predicted octanol–water partition coefficient (Wildman–Crippen LogP) is 5.42. The number of anilines is 1. The highest BCUT2D eigenvalue weighted by Crippen LogP contribution is 2.27. The van der Waals surface area contributed by atoms with Crippen LogP contribution < -0.4 is 14.8 Å². The lowest BCUT2D eigenvalue weighted by Crippen LogP contribution is -2.32. The molecule has 0 saturated carbocycles. The summed E-state index contributed by atoms with van der Waals surface area (Å²) in [5.41, 5.74) is 0.693. The Labute approximate surface area is 160 Å². The molecule has 0 spiro atoms. The molecule has 27 heavy (non-hydrogen) atoms. The van der Waals surface area contributed by atoms with Crippen molar-refractivity contribution >= 4 is 22.4 Å². The van der Waals surface area contributed by atoms with Gasteiger partial charge in [0.05, 0.1) is 6.10 Å². The summed E-state index contributed by atoms with van der Waals surface area (Å²) in [4.78, 5) is 12.7. The highest BCUT2D eigenvalue weighted by Gasteiger charge is 2.19. The van der Waals surface area contributed by atoms with Gasteiger partial charge in [-0.1, -0.05) is 49.4 Å². The van der Waals surface area contributed by atoms with Gasteiger partial charge in [-0.15, -0.1) is 0 Å². The molecular formula is C23H25NO3. The van der Waals surface area contributed by atoms with Crippen molar-refractivity contribution in [3.05, 3.63) is 66.7 Å². The van der Waals surface area contributed by atoms with Crippen LogP contribution >= 0.6 is 0 Å². The van der Waals surface area contributed by atoms with E-state index in [0.717, 1.165) is 16.5 Å². The number of nitrogens with one attached hydrogen (secondary N) is 1. The Hall–Kier alpha value is -3.01. The summed E-state index contributed by atoms with van der Waals surface area (Å²) >= 11 is 0. The zero-order valence-electron chi connectivity index (χ0n) is 15.9. The van der Waals surface area contributed by atoms with Gasteiger partial charge in [0.15, 0.2) is 6.10 Å². The first-order valence-electron chi connectivity index (χ1n) is 9.29. The number of amides is 1. The Morgan fingerprint density at radius 1 is 0.963 bits per heavy atom. The second-order valence-corrected chi connectivity index (χ2v) is 6.68. The molecule has 0 bridgehead atoms. The molecule has 0 fully saturated rings. The van der Waals surface area contributed by atoms with Gasteiger partial charge < -0.3 is 14.8 Å². The van der Waals surface area contributed by atoms with E-state index in [0.29, 0.717) is 17.9 Å². The van der Waals surface area contributed by atoms with Gasteiger partial charge in [-0.3, -0.25) is 4.79 Å². The SMILES string of the molecule is CCC(Oc1cccc2ccccc12)C(=O)Nc1cccc(OC(C)C)c1. The minimum Gasteiger partial charge on any atom is -0.491 e. The first-order chi connectivity index (χ1) is 13.1. The van der Waals surface area contributed by atoms with Crippen LogP contribution in [-0.4, -0.2) is 18.1 Å². The molecular weight excluding hydrogens is 338 g/mol. The van der Waals surface area contributed by atoms with Crippen molar-refractivity contribution in [2.24, 2.45) is 0 Å². The molecule has 3 aromatic rings. The fourth-order valence-electron chi connectivity index (χ4n) is 2.92. The highest BCUT2D eigenvalue weighted by atomic mass is 16.5. The van der Waals surface area contributed by atoms with E-state index >= 15 is 0 Å². The fraction of sp³-hybridized carbons (Fsp3) is 0.261. The van der Waals surface area contributed by atoms with Crippen molar-refractivity contribution in [1.82, 2.24) is 0 Å². The van der Waals surface area contributed by atoms with Crippen molar-refractivity contribution in [2.75, 3.05) is 5.32 Å². The Morgan fingerprint density at radius 2 is 1.70 bits per heavy atom. The van der Waals surface area contributed by atoms with Crippen LogP contribution in [0.15, 0.2) is 66.7 Å². The van der Waals surface area contributed by atoms with Crippen LogP contribution in [0.1, 0.15) is 27.2 Å². The average Bonchev–Trinajstić information content (AvgIpc) is 2.65. The van der Waals surface area contributed by atoms with Crippen molar-refractivity contribution in [1.29, 1.82) is 0 Å². The van der Waals surface area contributed by atoms with Gasteiger partial charge in [-0.2, -0.15) is 0 Å². The summed E-state index contributed by atoms with van der Waals surface area (Å²) in [5.74, 6) is 1.27. The minimum atomic E-state index is -0.578. The van der Waals surface area contributed by atoms with E-state index in [-0.39, 0.29) is 12.0 Å². The molecule has 3 rings (SSSR count). The maximum absolute atomic E-state index is 12.7. The van der Waals surface area contributed by atoms with Crippen molar-refractivity contribution in [3.8, 4) is 11.5 Å². The lowest BCUT2D eigenvalue weighted by atomic mass is 10.1. The molecule has 1 atom stereocenters. The molecule has 1 unspecified atom stereocenters. The molecule has 3 aromatic carbocycles. The largest absolute Gasteiger partial charge is 0.491 e. The zero-order chi connectivity index (χ0) is 19.2. The number of rotatable bonds is 7. The Bertz CT molecular complexity index is 915. The number of benzene rings is 3. The number of carbonyl (C=O) groups is 1. The first kappa shape index (κ1) is 18.8. The van der Waals surface area contributed by atoms with Gasteiger partial charge in [0.1, 0.15) is 11.5 Å². The molecule has 0 heterocycles. The third-order valence-corrected chi connectivity index (χ3v) is 4.16. The van der Waals surface area contributed by atoms with Gasteiger partial charge in [0.25, 0.3) is 5.91 Å². The molecule has 0 saturated heterocycles. The third-order valence-electron chi connectivity index (χ3n) is 4.16. The fourth-order valence-corrected chi connectivity index (χ4v) is 2.92. The quantitative estimate of drug-likeness (QED) is 0.609. The van der Waals surface area contributed by atoms with E-state index in [2.05, 4.69) is 5.32 Å². The Balaban J connectivity index is 1.74. The number of hydrogen-bond donors (Lipinski definition) is 1. The van der Waals surface area contributed by atoms with Gasteiger partial charge in [-0.25, -0.2) is 0 Å². The van der Waals surface area contributed by atoms with Crippen molar-refractivity contribution < 1.29 is 14.3 Å². The van der Waals surface area contributed by atoms with Crippen LogP contribution in [0.2, 0.25) is 0 Å². The van der Waals surface area contributed by atoms with Crippen molar-refractivity contribution in [2.45, 2.75) is 39.4 Å². The number of ether oxygens (including phenoxy) is 2. The van der Waals surface area contributed by atoms with E-state index in [1.54, 1.807) is 0 Å². The lowest BCUT2D eigenvalue weighted by molar-refractivity contribution is -0.122. The van der Waals surface area contributed by atoms with E-state index in [9.17, 15) is 4.79 Å². The molecule has 0 aliphatic heterocycles. The third kappa shape index (κ3) is 4.79. The molecule has 0 radical (unpaired) electrons. The van der Waals surface area contributed by atoms with Crippen LogP contribution in [0.5, 0.6) is 11.5 Å². The zero-order valence-corrected chi connectivity index (χ0v) is 15.9. The van der Waals surface area contributed by atoms with E-state index in [4.69, 9.17) is 9.47 Å². The van der Waals surface area contributed by atoms with Gasteiger partial charge in [-0.05, 0) is 43.9 Å². The molecule has 4 heteroatoms. The maximum Gasteiger partial charge on any atom is 0.265 e. The standard InChI is InChI=1S/C23H25NO3/c1-4-21(27-22-14-7-10-17-9-5-6-13-20(17)22)23(25)24-18-11-8-12-19(15-18)26-16(2)3/h5-16,21H,4H2,1-3H3,(H,24,25). The van der Waals surface area contributed by atoms with Crippen LogP contribution in [0.3, 0.4) is 0 Å². The summed E-state index contributed by atoms with van der Waals surface area (Å²) in [6, 6.07) is 21.3. The Morgan fingerprint density at radius 3 is 2.48 bits per heavy atom. The van der Waals surface area contributed by atoms with Gasteiger partial charge in [0.2, 0.25) is 0 Å². The number of carbonyl (C=O) groups excluding carboxylic acids is 1. The van der Waals surface area contributed by atoms with E-state index in [1.807, 2.05) is 87.5 Å². The van der Waals surface area contributed by atoms with Gasteiger partial charge in [0, 0.05) is 17.1 Å². The van der Waals surface area contributed by atoms with Gasteiger partial charge >= 0.3 is 0 Å². The van der Waals surface area contributed by atoms with Crippen LogP contribution in [-0.2, 0) is 4.79 Å². The molecule has 1 N–H and O–H groups in total. The summed E-state index contributed by atoms with van der Waals surface area (Å²) < 4.78 is 11.7. The maximum atomic E-state index is 12.7. The van der Waals surface area contributed by atoms with E-state index in [1.165, 1.54) is 0 Å². The lowest BCUT2D eigenvalue weighted by Gasteiger charge is -2.19. The number of fused-ring (bicyclic) bond motifs is 1. The number of hydrogen-bond acceptors (Lipinski definition) is 3. The topological polar surface area (TPSA) is 47.6 Å². The van der Waals surface area contributed by atoms with E-state index < -0.39 is 6.10 Å². The predicted molar refractivity (Wildman–Crippen MR) is 109 cm³/mol. The summed E-state index contributed by atoms with van der Waals surface area (Å²) in [6.07, 6.45) is 0.0663. The second-order valence-electron chi connectivity index (χ2n) is 6.68. The molecule has 0 aliphatic rings. The van der Waals surface area contributed by atoms with Crippen LogP contribution in [0.25, 0.3) is 10.8 Å². The Kier molecular flexibility index (Phi) is 5.97. The normalized spacial score (nSPS) is 12.0. The summed E-state index contributed by atoms with van der Waals surface area (Å²) in [6.45, 7) is 5.88. The second kappa shape index (κ2) is 8.58. The molecule has 0 aliphatic carbocycles. The smallest absolute Gasteiger partial charge is 0.265 e. The monoisotopic (exact) mass is 363 g/mol. The molecule has 1 amide bonds. The highest BCUT2D eigenvalue weighted by molar-refractivity contribution is 5.95. The first-order valence-corrected chi connectivity index (χ1v) is 9.29. The molecule has 4 nitrogen and oxygen atoms in total. The molecule has 140 valence electrons. The minimum absolute atomic E-state index is 0.0778.